The molecule has 3 atom stereocenters. The number of piperidine rings is 1. The van der Waals surface area contributed by atoms with E-state index in [0.717, 1.165) is 43.1 Å². The molecule has 0 radical (unpaired) electrons. The number of hydrogen-bond acceptors (Lipinski definition) is 8. The summed E-state index contributed by atoms with van der Waals surface area (Å²) >= 11 is 0. The quantitative estimate of drug-likeness (QED) is 0.709. The summed E-state index contributed by atoms with van der Waals surface area (Å²) in [6.07, 6.45) is 4.99. The average molecular weight is 396 g/mol. The van der Waals surface area contributed by atoms with Crippen molar-refractivity contribution in [1.82, 2.24) is 25.7 Å². The monoisotopic (exact) mass is 396 g/mol. The fraction of sp³-hybridized carbons (Fsp3) is 0.524. The fourth-order valence-corrected chi connectivity index (χ4v) is 4.48. The van der Waals surface area contributed by atoms with Gasteiger partial charge in [-0.1, -0.05) is 6.07 Å². The summed E-state index contributed by atoms with van der Waals surface area (Å²) in [6.45, 7) is 7.44. The van der Waals surface area contributed by atoms with Crippen LogP contribution in [0.4, 0.5) is 5.95 Å². The highest BCUT2D eigenvalue weighted by atomic mass is 16.7. The minimum Gasteiger partial charge on any atom is -0.454 e. The molecule has 2 saturated heterocycles. The molecule has 0 saturated carbocycles. The second-order valence-electron chi connectivity index (χ2n) is 8.39. The van der Waals surface area contributed by atoms with Crippen molar-refractivity contribution in [3.8, 4) is 11.5 Å². The first-order valence-electron chi connectivity index (χ1n) is 10.4. The Morgan fingerprint density at radius 3 is 2.83 bits per heavy atom. The number of nitrogens with zero attached hydrogens (tertiary/aromatic N) is 3. The molecule has 3 unspecified atom stereocenters. The third-order valence-electron chi connectivity index (χ3n) is 5.88. The molecule has 5 rings (SSSR count). The van der Waals surface area contributed by atoms with Gasteiger partial charge >= 0.3 is 0 Å². The average Bonchev–Trinajstić information content (AvgIpc) is 3.35. The number of hydrogen-bond donors (Lipinski definition) is 3. The Balaban J connectivity index is 1.26. The minimum atomic E-state index is 0.256. The molecule has 2 fully saturated rings. The highest BCUT2D eigenvalue weighted by Gasteiger charge is 2.40. The summed E-state index contributed by atoms with van der Waals surface area (Å²) in [5.41, 5.74) is 9.40. The first-order valence-corrected chi connectivity index (χ1v) is 10.4. The van der Waals surface area contributed by atoms with Crippen molar-refractivity contribution in [2.75, 3.05) is 25.2 Å². The van der Waals surface area contributed by atoms with Gasteiger partial charge in [-0.15, -0.1) is 0 Å². The van der Waals surface area contributed by atoms with Crippen LogP contribution in [-0.2, 0) is 6.54 Å². The van der Waals surface area contributed by atoms with E-state index in [0.29, 0.717) is 30.7 Å². The van der Waals surface area contributed by atoms with Crippen LogP contribution in [0.2, 0.25) is 0 Å². The first kappa shape index (κ1) is 18.6. The third kappa shape index (κ3) is 3.88. The number of likely N-dealkylation sites (tertiary alicyclic amines) is 1. The normalized spacial score (nSPS) is 26.0. The standard InChI is InChI=1S/C21H28N6O2/c1-13(2)24-21-22-8-14(9-23-21)10-27-6-5-17-16(11-27)20(26-25-17)15-3-4-18-19(7-15)29-12-28-18/h3-4,7-9,13,16-17,20,25-26H,5-6,10-12H2,1-2H3,(H,22,23,24). The Labute approximate surface area is 171 Å². The van der Waals surface area contributed by atoms with Crippen molar-refractivity contribution in [1.29, 1.82) is 0 Å². The molecule has 4 heterocycles. The van der Waals surface area contributed by atoms with E-state index in [4.69, 9.17) is 9.47 Å². The Morgan fingerprint density at radius 1 is 1.17 bits per heavy atom. The number of benzene rings is 1. The molecule has 29 heavy (non-hydrogen) atoms. The number of aromatic nitrogens is 2. The molecule has 8 nitrogen and oxygen atoms in total. The summed E-state index contributed by atoms with van der Waals surface area (Å²) in [4.78, 5) is 11.4. The molecule has 0 bridgehead atoms. The number of rotatable bonds is 5. The molecule has 0 aliphatic carbocycles. The smallest absolute Gasteiger partial charge is 0.231 e. The van der Waals surface area contributed by atoms with Gasteiger partial charge in [0.1, 0.15) is 0 Å². The molecule has 1 aromatic heterocycles. The zero-order chi connectivity index (χ0) is 19.8. The fourth-order valence-electron chi connectivity index (χ4n) is 4.48. The Bertz CT molecular complexity index is 859. The number of nitrogens with one attached hydrogen (secondary N) is 3. The Kier molecular flexibility index (Phi) is 4.99. The van der Waals surface area contributed by atoms with Gasteiger partial charge in [-0.25, -0.2) is 15.4 Å². The number of hydrazine groups is 1. The van der Waals surface area contributed by atoms with Crippen LogP contribution >= 0.6 is 0 Å². The molecule has 3 aliphatic rings. The van der Waals surface area contributed by atoms with E-state index < -0.39 is 0 Å². The maximum atomic E-state index is 5.57. The lowest BCUT2D eigenvalue weighted by Crippen LogP contribution is -2.45. The van der Waals surface area contributed by atoms with Gasteiger partial charge in [0, 0.05) is 55.6 Å². The Morgan fingerprint density at radius 2 is 2.00 bits per heavy atom. The molecular weight excluding hydrogens is 368 g/mol. The molecule has 8 heteroatoms. The van der Waals surface area contributed by atoms with Gasteiger partial charge in [0.15, 0.2) is 11.5 Å². The minimum absolute atomic E-state index is 0.256. The van der Waals surface area contributed by atoms with Crippen molar-refractivity contribution in [3.05, 3.63) is 41.7 Å². The third-order valence-corrected chi connectivity index (χ3v) is 5.88. The molecule has 0 amide bonds. The molecule has 3 N–H and O–H groups in total. The zero-order valence-corrected chi connectivity index (χ0v) is 16.9. The number of ether oxygens (including phenoxy) is 2. The van der Waals surface area contributed by atoms with E-state index in [1.807, 2.05) is 18.5 Å². The maximum absolute atomic E-state index is 5.57. The summed E-state index contributed by atoms with van der Waals surface area (Å²) in [7, 11) is 0. The molecule has 2 aromatic rings. The maximum Gasteiger partial charge on any atom is 0.231 e. The van der Waals surface area contributed by atoms with E-state index in [1.54, 1.807) is 0 Å². The predicted molar refractivity (Wildman–Crippen MR) is 110 cm³/mol. The van der Waals surface area contributed by atoms with Crippen molar-refractivity contribution in [2.45, 2.75) is 44.9 Å². The van der Waals surface area contributed by atoms with Crippen molar-refractivity contribution < 1.29 is 9.47 Å². The first-order chi connectivity index (χ1) is 14.2. The van der Waals surface area contributed by atoms with Crippen LogP contribution in [0.5, 0.6) is 11.5 Å². The molecule has 1 aromatic carbocycles. The van der Waals surface area contributed by atoms with Crippen LogP contribution in [0.1, 0.15) is 37.4 Å². The van der Waals surface area contributed by atoms with Gasteiger partial charge in [0.25, 0.3) is 0 Å². The van der Waals surface area contributed by atoms with Gasteiger partial charge in [0.05, 0.1) is 6.04 Å². The van der Waals surface area contributed by atoms with Crippen LogP contribution in [0.15, 0.2) is 30.6 Å². The van der Waals surface area contributed by atoms with Gasteiger partial charge in [-0.3, -0.25) is 10.3 Å². The van der Waals surface area contributed by atoms with Crippen molar-refractivity contribution in [2.24, 2.45) is 5.92 Å². The lowest BCUT2D eigenvalue weighted by Gasteiger charge is -2.36. The summed E-state index contributed by atoms with van der Waals surface area (Å²) in [5, 5.41) is 3.24. The summed E-state index contributed by atoms with van der Waals surface area (Å²) in [5.74, 6) is 2.85. The van der Waals surface area contributed by atoms with E-state index >= 15 is 0 Å². The lowest BCUT2D eigenvalue weighted by atomic mass is 9.85. The Hall–Kier alpha value is -2.42. The van der Waals surface area contributed by atoms with Crippen LogP contribution in [-0.4, -0.2) is 46.8 Å². The number of anilines is 1. The van der Waals surface area contributed by atoms with Crippen LogP contribution < -0.4 is 25.6 Å². The van der Waals surface area contributed by atoms with E-state index in [-0.39, 0.29) is 6.04 Å². The predicted octanol–water partition coefficient (Wildman–Crippen LogP) is 2.07. The molecular formula is C21H28N6O2. The van der Waals surface area contributed by atoms with E-state index in [2.05, 4.69) is 57.0 Å². The van der Waals surface area contributed by atoms with E-state index in [9.17, 15) is 0 Å². The zero-order valence-electron chi connectivity index (χ0n) is 16.9. The SMILES string of the molecule is CC(C)Nc1ncc(CN2CCC3NNC(c4ccc5c(c4)OCO5)C3C2)cn1. The second kappa shape index (κ2) is 7.78. The van der Waals surface area contributed by atoms with E-state index in [1.165, 1.54) is 5.56 Å². The second-order valence-corrected chi connectivity index (χ2v) is 8.39. The lowest BCUT2D eigenvalue weighted by molar-refractivity contribution is 0.148. The number of fused-ring (bicyclic) bond motifs is 2. The van der Waals surface area contributed by atoms with Gasteiger partial charge < -0.3 is 14.8 Å². The molecule has 154 valence electrons. The molecule has 3 aliphatic heterocycles. The van der Waals surface area contributed by atoms with Gasteiger partial charge in [0.2, 0.25) is 12.7 Å². The largest absolute Gasteiger partial charge is 0.454 e. The van der Waals surface area contributed by atoms with Crippen LogP contribution in [0.3, 0.4) is 0 Å². The van der Waals surface area contributed by atoms with Crippen molar-refractivity contribution >= 4 is 5.95 Å². The van der Waals surface area contributed by atoms with Crippen LogP contribution in [0.25, 0.3) is 0 Å². The topological polar surface area (TPSA) is 83.6 Å². The van der Waals surface area contributed by atoms with Crippen LogP contribution in [0, 0.1) is 5.92 Å². The summed E-state index contributed by atoms with van der Waals surface area (Å²) in [6, 6.07) is 7.33. The highest BCUT2D eigenvalue weighted by Crippen LogP contribution is 2.39. The van der Waals surface area contributed by atoms with Gasteiger partial charge in [-0.05, 0) is 38.0 Å². The molecule has 0 spiro atoms. The van der Waals surface area contributed by atoms with Gasteiger partial charge in [-0.2, -0.15) is 0 Å². The highest BCUT2D eigenvalue weighted by molar-refractivity contribution is 5.45. The van der Waals surface area contributed by atoms with Crippen molar-refractivity contribution in [3.63, 3.8) is 0 Å². The summed E-state index contributed by atoms with van der Waals surface area (Å²) < 4.78 is 11.0.